The van der Waals surface area contributed by atoms with Gasteiger partial charge in [-0.1, -0.05) is 36.7 Å². The second-order valence-corrected chi connectivity index (χ2v) is 6.59. The highest BCUT2D eigenvalue weighted by molar-refractivity contribution is 6.31. The van der Waals surface area contributed by atoms with E-state index < -0.39 is 0 Å². The molecule has 1 aromatic rings. The largest absolute Gasteiger partial charge is 0.339 e. The first-order chi connectivity index (χ1) is 10.9. The maximum absolute atomic E-state index is 12.6. The Bertz CT molecular complexity index is 569. The summed E-state index contributed by atoms with van der Waals surface area (Å²) in [5.41, 5.74) is 0.997. The van der Waals surface area contributed by atoms with E-state index in [4.69, 9.17) is 11.6 Å². The number of amides is 3. The Balaban J connectivity index is 1.89. The molecule has 1 unspecified atom stereocenters. The number of nitrogens with zero attached hydrogens (tertiary/aromatic N) is 3. The van der Waals surface area contributed by atoms with Crippen molar-refractivity contribution in [3.05, 3.63) is 34.9 Å². The number of hydrogen-bond donors (Lipinski definition) is 0. The number of hydrogen-bond acceptors (Lipinski definition) is 2. The van der Waals surface area contributed by atoms with E-state index in [1.165, 1.54) is 0 Å². The monoisotopic (exact) mass is 337 g/mol. The quantitative estimate of drug-likeness (QED) is 0.849. The smallest absolute Gasteiger partial charge is 0.319 e. The van der Waals surface area contributed by atoms with Gasteiger partial charge < -0.3 is 14.7 Å². The summed E-state index contributed by atoms with van der Waals surface area (Å²) in [5, 5.41) is 0.702. The molecular weight excluding hydrogens is 314 g/mol. The number of urea groups is 1. The van der Waals surface area contributed by atoms with Crippen LogP contribution in [0.3, 0.4) is 0 Å². The van der Waals surface area contributed by atoms with Crippen molar-refractivity contribution in [3.63, 3.8) is 0 Å². The molecule has 1 atom stereocenters. The van der Waals surface area contributed by atoms with Crippen LogP contribution < -0.4 is 0 Å². The van der Waals surface area contributed by atoms with Crippen molar-refractivity contribution in [3.8, 4) is 0 Å². The van der Waals surface area contributed by atoms with Crippen LogP contribution in [0.15, 0.2) is 24.3 Å². The highest BCUT2D eigenvalue weighted by Gasteiger charge is 2.27. The van der Waals surface area contributed by atoms with Crippen molar-refractivity contribution in [1.82, 2.24) is 14.7 Å². The zero-order chi connectivity index (χ0) is 17.0. The number of benzene rings is 1. The van der Waals surface area contributed by atoms with Crippen molar-refractivity contribution >= 4 is 23.5 Å². The van der Waals surface area contributed by atoms with Crippen molar-refractivity contribution in [2.45, 2.75) is 13.3 Å². The van der Waals surface area contributed by atoms with E-state index >= 15 is 0 Å². The van der Waals surface area contributed by atoms with Crippen molar-refractivity contribution in [2.24, 2.45) is 5.92 Å². The number of halogens is 1. The number of piperazine rings is 1. The Hall–Kier alpha value is -1.75. The molecule has 2 rings (SSSR count). The topological polar surface area (TPSA) is 43.9 Å². The van der Waals surface area contributed by atoms with Crippen LogP contribution in [0.4, 0.5) is 4.79 Å². The first-order valence-electron chi connectivity index (χ1n) is 7.88. The molecule has 0 radical (unpaired) electrons. The molecule has 126 valence electrons. The molecule has 23 heavy (non-hydrogen) atoms. The maximum atomic E-state index is 12.6. The minimum atomic E-state index is -0.119. The lowest BCUT2D eigenvalue weighted by molar-refractivity contribution is -0.136. The lowest BCUT2D eigenvalue weighted by atomic mass is 9.99. The van der Waals surface area contributed by atoms with Gasteiger partial charge in [-0.05, 0) is 18.1 Å². The maximum Gasteiger partial charge on any atom is 0.319 e. The standard InChI is InChI=1S/C17H24ClN3O2/c1-13(12-14-6-4-5-7-15(14)18)16(22)20-8-10-21(11-9-20)17(23)19(2)3/h4-7,13H,8-12H2,1-3H3. The van der Waals surface area contributed by atoms with Gasteiger partial charge in [0, 0.05) is 51.2 Å². The second kappa shape index (κ2) is 7.68. The lowest BCUT2D eigenvalue weighted by Crippen LogP contribution is -2.53. The van der Waals surface area contributed by atoms with E-state index in [1.807, 2.05) is 36.1 Å². The van der Waals surface area contributed by atoms with Crippen molar-refractivity contribution in [1.29, 1.82) is 0 Å². The molecule has 1 aliphatic rings. The minimum Gasteiger partial charge on any atom is -0.339 e. The van der Waals surface area contributed by atoms with Gasteiger partial charge in [0.2, 0.25) is 5.91 Å². The number of carbonyl (C=O) groups is 2. The molecule has 3 amide bonds. The van der Waals surface area contributed by atoms with E-state index in [9.17, 15) is 9.59 Å². The van der Waals surface area contributed by atoms with Crippen LogP contribution in [0.1, 0.15) is 12.5 Å². The average Bonchev–Trinajstić information content (AvgIpc) is 2.55. The fourth-order valence-electron chi connectivity index (χ4n) is 2.79. The fraction of sp³-hybridized carbons (Fsp3) is 0.529. The predicted octanol–water partition coefficient (Wildman–Crippen LogP) is 2.34. The number of carbonyl (C=O) groups excluding carboxylic acids is 2. The molecule has 0 saturated carbocycles. The summed E-state index contributed by atoms with van der Waals surface area (Å²) in [6.07, 6.45) is 0.634. The van der Waals surface area contributed by atoms with Gasteiger partial charge in [0.05, 0.1) is 0 Å². The highest BCUT2D eigenvalue weighted by Crippen LogP contribution is 2.20. The van der Waals surface area contributed by atoms with Gasteiger partial charge in [-0.25, -0.2) is 4.79 Å². The molecule has 5 nitrogen and oxygen atoms in total. The molecule has 0 aromatic heterocycles. The van der Waals surface area contributed by atoms with Crippen molar-refractivity contribution in [2.75, 3.05) is 40.3 Å². The van der Waals surface area contributed by atoms with Crippen LogP contribution in [0.25, 0.3) is 0 Å². The Kier molecular flexibility index (Phi) is 5.88. The first-order valence-corrected chi connectivity index (χ1v) is 8.26. The van der Waals surface area contributed by atoms with Crippen LogP contribution in [0.5, 0.6) is 0 Å². The Morgan fingerprint density at radius 1 is 1.13 bits per heavy atom. The molecule has 0 aliphatic carbocycles. The van der Waals surface area contributed by atoms with E-state index in [0.29, 0.717) is 37.6 Å². The molecule has 0 bridgehead atoms. The highest BCUT2D eigenvalue weighted by atomic mass is 35.5. The van der Waals surface area contributed by atoms with E-state index in [2.05, 4.69) is 0 Å². The average molecular weight is 338 g/mol. The second-order valence-electron chi connectivity index (χ2n) is 6.19. The molecule has 1 fully saturated rings. The van der Waals surface area contributed by atoms with Crippen LogP contribution in [-0.2, 0) is 11.2 Å². The molecule has 6 heteroatoms. The SMILES string of the molecule is CC(Cc1ccccc1Cl)C(=O)N1CCN(C(=O)N(C)C)CC1. The summed E-state index contributed by atoms with van der Waals surface area (Å²) in [5.74, 6) is 0.00729. The summed E-state index contributed by atoms with van der Waals surface area (Å²) in [7, 11) is 3.48. The third-order valence-corrected chi connectivity index (χ3v) is 4.52. The van der Waals surface area contributed by atoms with E-state index in [1.54, 1.807) is 23.9 Å². The summed E-state index contributed by atoms with van der Waals surface area (Å²) in [6, 6.07) is 7.63. The summed E-state index contributed by atoms with van der Waals surface area (Å²) in [4.78, 5) is 29.7. The normalized spacial score (nSPS) is 16.2. The molecule has 1 heterocycles. The van der Waals surface area contributed by atoms with Gasteiger partial charge in [-0.2, -0.15) is 0 Å². The van der Waals surface area contributed by atoms with Gasteiger partial charge in [0.15, 0.2) is 0 Å². The van der Waals surface area contributed by atoms with Gasteiger partial charge in [-0.3, -0.25) is 4.79 Å². The van der Waals surface area contributed by atoms with Crippen LogP contribution in [0.2, 0.25) is 5.02 Å². The molecule has 1 saturated heterocycles. The Morgan fingerprint density at radius 3 is 2.26 bits per heavy atom. The van der Waals surface area contributed by atoms with Gasteiger partial charge >= 0.3 is 6.03 Å². The molecular formula is C17H24ClN3O2. The van der Waals surface area contributed by atoms with Crippen LogP contribution in [0, 0.1) is 5.92 Å². The Labute approximate surface area is 142 Å². The molecule has 0 N–H and O–H groups in total. The number of rotatable bonds is 3. The van der Waals surface area contributed by atoms with Gasteiger partial charge in [0.25, 0.3) is 0 Å². The summed E-state index contributed by atoms with van der Waals surface area (Å²) in [6.45, 7) is 4.28. The van der Waals surface area contributed by atoms with Gasteiger partial charge in [0.1, 0.15) is 0 Å². The van der Waals surface area contributed by atoms with E-state index in [-0.39, 0.29) is 17.9 Å². The van der Waals surface area contributed by atoms with Crippen LogP contribution >= 0.6 is 11.6 Å². The molecule has 0 spiro atoms. The zero-order valence-corrected chi connectivity index (χ0v) is 14.7. The van der Waals surface area contributed by atoms with E-state index in [0.717, 1.165) is 5.56 Å². The lowest BCUT2D eigenvalue weighted by Gasteiger charge is -2.37. The Morgan fingerprint density at radius 2 is 1.70 bits per heavy atom. The van der Waals surface area contributed by atoms with Crippen molar-refractivity contribution < 1.29 is 9.59 Å². The third kappa shape index (κ3) is 4.38. The summed E-state index contributed by atoms with van der Waals surface area (Å²) < 4.78 is 0. The van der Waals surface area contributed by atoms with Gasteiger partial charge in [-0.15, -0.1) is 0 Å². The predicted molar refractivity (Wildman–Crippen MR) is 91.6 cm³/mol. The first kappa shape index (κ1) is 17.6. The third-order valence-electron chi connectivity index (χ3n) is 4.15. The minimum absolute atomic E-state index is 0.00112. The molecule has 1 aliphatic heterocycles. The summed E-state index contributed by atoms with van der Waals surface area (Å²) >= 11 is 6.17. The zero-order valence-electron chi connectivity index (χ0n) is 14.0. The van der Waals surface area contributed by atoms with Crippen LogP contribution in [-0.4, -0.2) is 66.9 Å². The fourth-order valence-corrected chi connectivity index (χ4v) is 3.01. The molecule has 1 aromatic carbocycles.